The maximum atomic E-state index is 12.0. The van der Waals surface area contributed by atoms with Crippen molar-refractivity contribution < 1.29 is 14.7 Å². The number of aryl methyl sites for hydroxylation is 2. The maximum absolute atomic E-state index is 12.0. The fourth-order valence-corrected chi connectivity index (χ4v) is 2.68. The molecule has 4 nitrogen and oxygen atoms in total. The average molecular weight is 269 g/mol. The Morgan fingerprint density at radius 1 is 1.44 bits per heavy atom. The predicted octanol–water partition coefficient (Wildman–Crippen LogP) is 2.74. The lowest BCUT2D eigenvalue weighted by molar-refractivity contribution is -0.139. The van der Waals surface area contributed by atoms with Crippen molar-refractivity contribution in [2.75, 3.05) is 0 Å². The molecule has 0 fully saturated rings. The van der Waals surface area contributed by atoms with Gasteiger partial charge in [-0.25, -0.2) is 4.79 Å². The van der Waals surface area contributed by atoms with Crippen LogP contribution in [0.5, 0.6) is 0 Å². The Hall–Kier alpha value is -1.36. The van der Waals surface area contributed by atoms with Crippen LogP contribution in [0, 0.1) is 13.8 Å². The molecule has 1 amide bonds. The normalized spacial score (nSPS) is 12.2. The third-order valence-electron chi connectivity index (χ3n) is 2.74. The van der Waals surface area contributed by atoms with Gasteiger partial charge in [0.2, 0.25) is 0 Å². The second kappa shape index (κ2) is 6.54. The zero-order chi connectivity index (χ0) is 13.7. The quantitative estimate of drug-likeness (QED) is 0.834. The van der Waals surface area contributed by atoms with Crippen LogP contribution in [0.1, 0.15) is 46.3 Å². The summed E-state index contributed by atoms with van der Waals surface area (Å²) < 4.78 is 0. The number of rotatable bonds is 6. The van der Waals surface area contributed by atoms with Gasteiger partial charge in [-0.3, -0.25) is 4.79 Å². The lowest BCUT2D eigenvalue weighted by atomic mass is 10.1. The van der Waals surface area contributed by atoms with Gasteiger partial charge >= 0.3 is 5.97 Å². The molecule has 5 heteroatoms. The molecule has 1 aromatic heterocycles. The van der Waals surface area contributed by atoms with Gasteiger partial charge in [-0.05, 0) is 26.3 Å². The number of unbranched alkanes of at least 4 members (excludes halogenated alkanes) is 1. The number of carboxylic acid groups (broad SMARTS) is 1. The van der Waals surface area contributed by atoms with Gasteiger partial charge in [0.05, 0.1) is 5.56 Å². The minimum Gasteiger partial charge on any atom is -0.480 e. The highest BCUT2D eigenvalue weighted by Crippen LogP contribution is 2.20. The molecule has 1 aromatic rings. The molecule has 0 spiro atoms. The monoisotopic (exact) mass is 269 g/mol. The molecule has 0 bridgehead atoms. The first-order valence-corrected chi connectivity index (χ1v) is 6.88. The Kier molecular flexibility index (Phi) is 5.34. The van der Waals surface area contributed by atoms with Crippen LogP contribution in [0.15, 0.2) is 6.07 Å². The highest BCUT2D eigenvalue weighted by Gasteiger charge is 2.21. The summed E-state index contributed by atoms with van der Waals surface area (Å²) in [6, 6.07) is 1.01. The Balaban J connectivity index is 2.72. The van der Waals surface area contributed by atoms with Crippen LogP contribution in [0.4, 0.5) is 0 Å². The number of nitrogens with one attached hydrogen (secondary N) is 1. The van der Waals surface area contributed by atoms with Crippen LogP contribution >= 0.6 is 11.3 Å². The Labute approximate surface area is 111 Å². The highest BCUT2D eigenvalue weighted by molar-refractivity contribution is 7.12. The van der Waals surface area contributed by atoms with Gasteiger partial charge in [-0.15, -0.1) is 11.3 Å². The Morgan fingerprint density at radius 3 is 2.56 bits per heavy atom. The molecule has 0 aromatic carbocycles. The van der Waals surface area contributed by atoms with Crippen LogP contribution < -0.4 is 5.32 Å². The highest BCUT2D eigenvalue weighted by atomic mass is 32.1. The molecule has 0 saturated heterocycles. The number of amides is 1. The summed E-state index contributed by atoms with van der Waals surface area (Å²) in [5.74, 6) is -1.26. The van der Waals surface area contributed by atoms with E-state index in [1.807, 2.05) is 20.8 Å². The first-order valence-electron chi connectivity index (χ1n) is 6.06. The van der Waals surface area contributed by atoms with Crippen molar-refractivity contribution in [2.24, 2.45) is 0 Å². The third-order valence-corrected chi connectivity index (χ3v) is 3.70. The first kappa shape index (κ1) is 14.7. The largest absolute Gasteiger partial charge is 0.480 e. The van der Waals surface area contributed by atoms with E-state index in [1.54, 1.807) is 17.4 Å². The van der Waals surface area contributed by atoms with Crippen molar-refractivity contribution in [3.63, 3.8) is 0 Å². The van der Waals surface area contributed by atoms with Crippen molar-refractivity contribution in [3.05, 3.63) is 21.4 Å². The second-order valence-corrected chi connectivity index (χ2v) is 5.79. The number of carbonyl (C=O) groups excluding carboxylic acids is 1. The summed E-state index contributed by atoms with van der Waals surface area (Å²) >= 11 is 1.54. The number of hydrogen-bond donors (Lipinski definition) is 2. The van der Waals surface area contributed by atoms with Crippen molar-refractivity contribution >= 4 is 23.2 Å². The third kappa shape index (κ3) is 3.84. The molecule has 18 heavy (non-hydrogen) atoms. The number of hydrogen-bond acceptors (Lipinski definition) is 3. The molecule has 1 heterocycles. The van der Waals surface area contributed by atoms with Gasteiger partial charge in [0, 0.05) is 9.75 Å². The lowest BCUT2D eigenvalue weighted by Gasteiger charge is -2.13. The number of carboxylic acids is 1. The van der Waals surface area contributed by atoms with E-state index in [0.29, 0.717) is 12.0 Å². The molecule has 2 N–H and O–H groups in total. The number of carbonyl (C=O) groups is 2. The summed E-state index contributed by atoms with van der Waals surface area (Å²) in [5.41, 5.74) is 0.584. The molecule has 0 aliphatic rings. The smallest absolute Gasteiger partial charge is 0.326 e. The maximum Gasteiger partial charge on any atom is 0.326 e. The fraction of sp³-hybridized carbons (Fsp3) is 0.538. The first-order chi connectivity index (χ1) is 8.45. The molecule has 0 aliphatic carbocycles. The van der Waals surface area contributed by atoms with E-state index in [2.05, 4.69) is 5.32 Å². The topological polar surface area (TPSA) is 66.4 Å². The minimum absolute atomic E-state index is 0.291. The van der Waals surface area contributed by atoms with Gasteiger partial charge in [0.1, 0.15) is 6.04 Å². The molecule has 0 unspecified atom stereocenters. The van der Waals surface area contributed by atoms with Gasteiger partial charge in [0.15, 0.2) is 0 Å². The van der Waals surface area contributed by atoms with Crippen LogP contribution in [-0.2, 0) is 4.79 Å². The number of thiophene rings is 1. The van der Waals surface area contributed by atoms with E-state index in [9.17, 15) is 9.59 Å². The van der Waals surface area contributed by atoms with E-state index in [-0.39, 0.29) is 5.91 Å². The van der Waals surface area contributed by atoms with Crippen LogP contribution in [0.25, 0.3) is 0 Å². The Bertz CT molecular complexity index is 439. The standard InChI is InChI=1S/C13H19NO3S/c1-4-5-6-11(13(16)17)14-12(15)10-7-8(2)18-9(10)3/h7,11H,4-6H2,1-3H3,(H,14,15)(H,16,17)/t11-/m0/s1. The van der Waals surface area contributed by atoms with Crippen LogP contribution in [0.2, 0.25) is 0 Å². The molecule has 100 valence electrons. The van der Waals surface area contributed by atoms with E-state index >= 15 is 0 Å². The van der Waals surface area contributed by atoms with Crippen molar-refractivity contribution in [2.45, 2.75) is 46.1 Å². The Morgan fingerprint density at radius 2 is 2.11 bits per heavy atom. The van der Waals surface area contributed by atoms with E-state index < -0.39 is 12.0 Å². The summed E-state index contributed by atoms with van der Waals surface area (Å²) in [4.78, 5) is 25.0. The van der Waals surface area contributed by atoms with Crippen LogP contribution in [-0.4, -0.2) is 23.0 Å². The zero-order valence-electron chi connectivity index (χ0n) is 10.9. The predicted molar refractivity (Wildman–Crippen MR) is 72.2 cm³/mol. The number of aliphatic carboxylic acids is 1. The van der Waals surface area contributed by atoms with Crippen molar-refractivity contribution in [1.82, 2.24) is 5.32 Å². The summed E-state index contributed by atoms with van der Waals surface area (Å²) in [6.45, 7) is 5.79. The fourth-order valence-electron chi connectivity index (χ4n) is 1.76. The van der Waals surface area contributed by atoms with E-state index in [1.165, 1.54) is 0 Å². The SMILES string of the molecule is CCCC[C@H](NC(=O)c1cc(C)sc1C)C(=O)O. The molecule has 0 radical (unpaired) electrons. The average Bonchev–Trinajstić information content (AvgIpc) is 2.63. The van der Waals surface area contributed by atoms with Gasteiger partial charge < -0.3 is 10.4 Å². The lowest BCUT2D eigenvalue weighted by Crippen LogP contribution is -2.40. The van der Waals surface area contributed by atoms with Crippen molar-refractivity contribution in [1.29, 1.82) is 0 Å². The molecule has 1 atom stereocenters. The molecule has 0 saturated carbocycles. The summed E-state index contributed by atoms with van der Waals surface area (Å²) in [5, 5.41) is 11.6. The van der Waals surface area contributed by atoms with Gasteiger partial charge in [0.25, 0.3) is 5.91 Å². The summed E-state index contributed by atoms with van der Waals surface area (Å²) in [6.07, 6.45) is 2.18. The van der Waals surface area contributed by atoms with Crippen LogP contribution in [0.3, 0.4) is 0 Å². The second-order valence-electron chi connectivity index (χ2n) is 4.33. The van der Waals surface area contributed by atoms with E-state index in [4.69, 9.17) is 5.11 Å². The zero-order valence-corrected chi connectivity index (χ0v) is 11.8. The minimum atomic E-state index is -0.971. The molecule has 1 rings (SSSR count). The molecular formula is C13H19NO3S. The molecular weight excluding hydrogens is 250 g/mol. The summed E-state index contributed by atoms with van der Waals surface area (Å²) in [7, 11) is 0. The molecule has 0 aliphatic heterocycles. The van der Waals surface area contributed by atoms with E-state index in [0.717, 1.165) is 22.6 Å². The van der Waals surface area contributed by atoms with Crippen molar-refractivity contribution in [3.8, 4) is 0 Å². The van der Waals surface area contributed by atoms with Gasteiger partial charge in [-0.2, -0.15) is 0 Å². The van der Waals surface area contributed by atoms with Gasteiger partial charge in [-0.1, -0.05) is 19.8 Å².